The molecule has 0 heterocycles. The number of allylic oxidation sites excluding steroid dienone is 1. The van der Waals surface area contributed by atoms with Crippen molar-refractivity contribution in [3.8, 4) is 6.07 Å². The maximum absolute atomic E-state index is 11.4. The van der Waals surface area contributed by atoms with E-state index in [4.69, 9.17) is 16.9 Å². The van der Waals surface area contributed by atoms with Crippen molar-refractivity contribution in [2.75, 3.05) is 0 Å². The summed E-state index contributed by atoms with van der Waals surface area (Å²) in [5, 5.41) is 9.69. The molecule has 2 nitrogen and oxygen atoms in total. The Labute approximate surface area is 144 Å². The number of aryl methyl sites for hydroxylation is 1. The van der Waals surface area contributed by atoms with Crippen LogP contribution in [0.5, 0.6) is 0 Å². The number of hydrogen-bond donors (Lipinski definition) is 0. The van der Waals surface area contributed by atoms with Gasteiger partial charge in [-0.15, -0.1) is 0 Å². The number of carbonyl (C=O) groups excluding carboxylic acids is 1. The SMILES string of the molecule is N#Cc1cc2c(cc1Cl)CCC(C1CCC(=O)CC1)C=C2Br. The van der Waals surface area contributed by atoms with Crippen LogP contribution in [0, 0.1) is 23.2 Å². The first-order chi connectivity index (χ1) is 10.6. The van der Waals surface area contributed by atoms with Gasteiger partial charge in [0.15, 0.2) is 0 Å². The van der Waals surface area contributed by atoms with Crippen LogP contribution in [0.4, 0.5) is 0 Å². The quantitative estimate of drug-likeness (QED) is 0.668. The predicted molar refractivity (Wildman–Crippen MR) is 91.8 cm³/mol. The largest absolute Gasteiger partial charge is 0.300 e. The minimum atomic E-state index is 0.404. The molecule has 1 saturated carbocycles. The summed E-state index contributed by atoms with van der Waals surface area (Å²) in [6.45, 7) is 0. The summed E-state index contributed by atoms with van der Waals surface area (Å²) in [5.74, 6) is 1.48. The van der Waals surface area contributed by atoms with E-state index in [1.54, 1.807) is 0 Å². The van der Waals surface area contributed by atoms with Gasteiger partial charge in [-0.05, 0) is 60.8 Å². The van der Waals surface area contributed by atoms with E-state index in [-0.39, 0.29) is 0 Å². The van der Waals surface area contributed by atoms with Gasteiger partial charge in [0, 0.05) is 17.3 Å². The van der Waals surface area contributed by atoms with Gasteiger partial charge < -0.3 is 0 Å². The maximum Gasteiger partial charge on any atom is 0.132 e. The third kappa shape index (κ3) is 3.14. The zero-order chi connectivity index (χ0) is 15.7. The average Bonchev–Trinajstić information content (AvgIpc) is 2.66. The number of halogens is 2. The van der Waals surface area contributed by atoms with Crippen molar-refractivity contribution in [1.82, 2.24) is 0 Å². The highest BCUT2D eigenvalue weighted by Gasteiger charge is 2.27. The van der Waals surface area contributed by atoms with Gasteiger partial charge in [-0.3, -0.25) is 4.79 Å². The van der Waals surface area contributed by atoms with E-state index in [1.165, 1.54) is 5.56 Å². The number of hydrogen-bond acceptors (Lipinski definition) is 2. The lowest BCUT2D eigenvalue weighted by Gasteiger charge is -2.27. The van der Waals surface area contributed by atoms with E-state index in [1.807, 2.05) is 12.1 Å². The summed E-state index contributed by atoms with van der Waals surface area (Å²) >= 11 is 9.85. The molecule has 1 aromatic rings. The van der Waals surface area contributed by atoms with Crippen molar-refractivity contribution in [2.24, 2.45) is 11.8 Å². The number of nitriles is 1. The monoisotopic (exact) mass is 377 g/mol. The van der Waals surface area contributed by atoms with Crippen molar-refractivity contribution in [3.63, 3.8) is 0 Å². The topological polar surface area (TPSA) is 40.9 Å². The van der Waals surface area contributed by atoms with Crippen LogP contribution in [-0.4, -0.2) is 5.78 Å². The Morgan fingerprint density at radius 3 is 2.59 bits per heavy atom. The molecular formula is C18H17BrClNO. The molecule has 0 radical (unpaired) electrons. The number of ketones is 1. The maximum atomic E-state index is 11.4. The Morgan fingerprint density at radius 2 is 1.91 bits per heavy atom. The van der Waals surface area contributed by atoms with Crippen molar-refractivity contribution < 1.29 is 4.79 Å². The summed E-state index contributed by atoms with van der Waals surface area (Å²) in [7, 11) is 0. The fourth-order valence-electron chi connectivity index (χ4n) is 3.57. The highest BCUT2D eigenvalue weighted by Crippen LogP contribution is 2.40. The molecule has 0 aromatic heterocycles. The molecule has 3 rings (SSSR count). The van der Waals surface area contributed by atoms with E-state index in [0.717, 1.165) is 48.6 Å². The Kier molecular flexibility index (Phi) is 4.70. The Morgan fingerprint density at radius 1 is 1.18 bits per heavy atom. The smallest absolute Gasteiger partial charge is 0.132 e. The highest BCUT2D eigenvalue weighted by molar-refractivity contribution is 9.15. The molecule has 1 fully saturated rings. The standard InChI is InChI=1S/C18H17BrClNO/c19-17-8-12(11-3-5-15(22)6-4-11)1-2-13-9-18(20)14(10-21)7-16(13)17/h7-9,11-12H,1-6H2. The van der Waals surface area contributed by atoms with Crippen LogP contribution in [0.25, 0.3) is 4.48 Å². The molecule has 4 heteroatoms. The fraction of sp³-hybridized carbons (Fsp3) is 0.444. The lowest BCUT2D eigenvalue weighted by molar-refractivity contribution is -0.121. The molecule has 0 aliphatic heterocycles. The van der Waals surface area contributed by atoms with Gasteiger partial charge in [0.1, 0.15) is 11.9 Å². The Balaban J connectivity index is 1.88. The zero-order valence-electron chi connectivity index (χ0n) is 12.2. The van der Waals surface area contributed by atoms with E-state index < -0.39 is 0 Å². The van der Waals surface area contributed by atoms with Gasteiger partial charge in [0.2, 0.25) is 0 Å². The van der Waals surface area contributed by atoms with Gasteiger partial charge in [-0.1, -0.05) is 33.6 Å². The molecule has 1 atom stereocenters. The molecule has 22 heavy (non-hydrogen) atoms. The molecule has 0 saturated heterocycles. The molecule has 2 aliphatic rings. The van der Waals surface area contributed by atoms with Gasteiger partial charge in [0.25, 0.3) is 0 Å². The third-order valence-electron chi connectivity index (χ3n) is 4.87. The molecule has 1 aromatic carbocycles. The minimum Gasteiger partial charge on any atom is -0.300 e. The Hall–Kier alpha value is -1.11. The first kappa shape index (κ1) is 15.8. The number of Topliss-reactive ketones (excluding diaryl/α,β-unsaturated/α-hetero) is 1. The number of fused-ring (bicyclic) bond motifs is 1. The lowest BCUT2D eigenvalue weighted by Crippen LogP contribution is -2.20. The summed E-state index contributed by atoms with van der Waals surface area (Å²) in [6, 6.07) is 5.96. The van der Waals surface area contributed by atoms with Crippen LogP contribution in [0.2, 0.25) is 5.02 Å². The highest BCUT2D eigenvalue weighted by atomic mass is 79.9. The molecule has 0 spiro atoms. The summed E-state index contributed by atoms with van der Waals surface area (Å²) in [5.41, 5.74) is 2.80. The second-order valence-electron chi connectivity index (χ2n) is 6.19. The Bertz CT molecular complexity index is 679. The van der Waals surface area contributed by atoms with Crippen LogP contribution >= 0.6 is 27.5 Å². The van der Waals surface area contributed by atoms with Crippen LogP contribution < -0.4 is 0 Å². The fourth-order valence-corrected chi connectivity index (χ4v) is 4.51. The summed E-state index contributed by atoms with van der Waals surface area (Å²) in [6.07, 6.45) is 7.77. The van der Waals surface area contributed by atoms with Crippen molar-refractivity contribution in [1.29, 1.82) is 5.26 Å². The zero-order valence-corrected chi connectivity index (χ0v) is 14.6. The molecule has 1 unspecified atom stereocenters. The predicted octanol–water partition coefficient (Wildman–Crippen LogP) is 5.27. The number of nitrogens with zero attached hydrogens (tertiary/aromatic N) is 1. The van der Waals surface area contributed by atoms with E-state index >= 15 is 0 Å². The van der Waals surface area contributed by atoms with Crippen molar-refractivity contribution in [3.05, 3.63) is 39.9 Å². The first-order valence-electron chi connectivity index (χ1n) is 7.70. The van der Waals surface area contributed by atoms with E-state index in [0.29, 0.717) is 28.2 Å². The second-order valence-corrected chi connectivity index (χ2v) is 7.46. The van der Waals surface area contributed by atoms with Gasteiger partial charge >= 0.3 is 0 Å². The molecule has 0 bridgehead atoms. The van der Waals surface area contributed by atoms with E-state index in [2.05, 4.69) is 28.1 Å². The summed E-state index contributed by atoms with van der Waals surface area (Å²) < 4.78 is 1.05. The van der Waals surface area contributed by atoms with Crippen molar-refractivity contribution >= 4 is 37.8 Å². The molecule has 0 amide bonds. The van der Waals surface area contributed by atoms with Gasteiger partial charge in [-0.25, -0.2) is 0 Å². The first-order valence-corrected chi connectivity index (χ1v) is 8.87. The third-order valence-corrected chi connectivity index (χ3v) is 5.88. The van der Waals surface area contributed by atoms with E-state index in [9.17, 15) is 4.79 Å². The van der Waals surface area contributed by atoms with Crippen LogP contribution in [0.15, 0.2) is 18.2 Å². The summed E-state index contributed by atoms with van der Waals surface area (Å²) in [4.78, 5) is 11.4. The number of benzene rings is 1. The minimum absolute atomic E-state index is 0.404. The number of carbonyl (C=O) groups is 1. The van der Waals surface area contributed by atoms with Crippen LogP contribution in [-0.2, 0) is 11.2 Å². The average molecular weight is 379 g/mol. The van der Waals surface area contributed by atoms with Crippen molar-refractivity contribution in [2.45, 2.75) is 38.5 Å². The lowest BCUT2D eigenvalue weighted by atomic mass is 9.77. The molecular weight excluding hydrogens is 362 g/mol. The molecule has 0 N–H and O–H groups in total. The van der Waals surface area contributed by atoms with Gasteiger partial charge in [0.05, 0.1) is 10.6 Å². The van der Waals surface area contributed by atoms with Crippen LogP contribution in [0.3, 0.4) is 0 Å². The van der Waals surface area contributed by atoms with Crippen LogP contribution in [0.1, 0.15) is 48.8 Å². The van der Waals surface area contributed by atoms with Gasteiger partial charge in [-0.2, -0.15) is 5.26 Å². The number of rotatable bonds is 1. The second kappa shape index (κ2) is 6.56. The molecule has 2 aliphatic carbocycles. The normalized spacial score (nSPS) is 22.5. The molecule has 114 valence electrons.